The van der Waals surface area contributed by atoms with Gasteiger partial charge in [-0.25, -0.2) is 4.98 Å². The summed E-state index contributed by atoms with van der Waals surface area (Å²) in [4.78, 5) is 20.6. The normalized spacial score (nSPS) is 12.7. The Morgan fingerprint density at radius 2 is 1.92 bits per heavy atom. The standard InChI is InChI=1S/C20H20N4O2/c1-12(2)19(20-21-14-8-4-5-9-15(14)22-20)23-18(25)11-16-13-7-3-6-10-17(13)26-24-16/h3-10,12,19H,11H2,1-2H3,(H,21,22)(H,23,25). The minimum atomic E-state index is -0.201. The third-order valence-electron chi connectivity index (χ3n) is 4.47. The first-order valence-corrected chi connectivity index (χ1v) is 8.69. The highest BCUT2D eigenvalue weighted by Crippen LogP contribution is 2.23. The number of hydrogen-bond donors (Lipinski definition) is 2. The largest absolute Gasteiger partial charge is 0.356 e. The van der Waals surface area contributed by atoms with Crippen molar-refractivity contribution < 1.29 is 9.32 Å². The molecule has 2 N–H and O–H groups in total. The number of rotatable bonds is 5. The Labute approximate surface area is 150 Å². The van der Waals surface area contributed by atoms with E-state index in [9.17, 15) is 4.79 Å². The lowest BCUT2D eigenvalue weighted by Gasteiger charge is -2.20. The Morgan fingerprint density at radius 3 is 2.73 bits per heavy atom. The SMILES string of the molecule is CC(C)C(NC(=O)Cc1noc2ccccc12)c1nc2ccccc2[nH]1. The summed E-state index contributed by atoms with van der Waals surface area (Å²) in [5, 5.41) is 7.99. The van der Waals surface area contributed by atoms with Gasteiger partial charge >= 0.3 is 0 Å². The van der Waals surface area contributed by atoms with E-state index in [-0.39, 0.29) is 24.3 Å². The summed E-state index contributed by atoms with van der Waals surface area (Å²) in [6.07, 6.45) is 0.167. The van der Waals surface area contributed by atoms with Crippen molar-refractivity contribution in [3.63, 3.8) is 0 Å². The first-order valence-electron chi connectivity index (χ1n) is 8.69. The molecular formula is C20H20N4O2. The van der Waals surface area contributed by atoms with Crippen LogP contribution in [0.15, 0.2) is 53.1 Å². The summed E-state index contributed by atoms with van der Waals surface area (Å²) in [7, 11) is 0. The zero-order valence-electron chi connectivity index (χ0n) is 14.7. The van der Waals surface area contributed by atoms with E-state index in [0.717, 1.165) is 22.2 Å². The molecular weight excluding hydrogens is 328 g/mol. The van der Waals surface area contributed by atoms with Gasteiger partial charge in [-0.3, -0.25) is 4.79 Å². The van der Waals surface area contributed by atoms with E-state index in [0.29, 0.717) is 11.3 Å². The molecule has 2 heterocycles. The van der Waals surface area contributed by atoms with Gasteiger partial charge in [-0.15, -0.1) is 0 Å². The number of imidazole rings is 1. The number of amides is 1. The molecule has 0 spiro atoms. The summed E-state index contributed by atoms with van der Waals surface area (Å²) in [6, 6.07) is 15.2. The lowest BCUT2D eigenvalue weighted by atomic mass is 10.0. The molecule has 2 aromatic heterocycles. The first kappa shape index (κ1) is 16.3. The van der Waals surface area contributed by atoms with Crippen LogP contribution in [0, 0.1) is 5.92 Å². The van der Waals surface area contributed by atoms with Gasteiger partial charge in [0.2, 0.25) is 5.91 Å². The Bertz CT molecular complexity index is 1030. The van der Waals surface area contributed by atoms with Crippen molar-refractivity contribution in [3.8, 4) is 0 Å². The fourth-order valence-electron chi connectivity index (χ4n) is 3.11. The molecule has 0 bridgehead atoms. The number of carbonyl (C=O) groups is 1. The van der Waals surface area contributed by atoms with E-state index in [1.54, 1.807) is 0 Å². The minimum Gasteiger partial charge on any atom is -0.356 e. The van der Waals surface area contributed by atoms with Crippen LogP contribution < -0.4 is 5.32 Å². The van der Waals surface area contributed by atoms with Gasteiger partial charge in [-0.1, -0.05) is 43.3 Å². The van der Waals surface area contributed by atoms with Crippen molar-refractivity contribution in [1.29, 1.82) is 0 Å². The Balaban J connectivity index is 1.55. The number of carbonyl (C=O) groups excluding carboxylic acids is 1. The van der Waals surface area contributed by atoms with Crippen molar-refractivity contribution in [2.24, 2.45) is 5.92 Å². The Kier molecular flexibility index (Phi) is 4.16. The molecule has 1 atom stereocenters. The van der Waals surface area contributed by atoms with E-state index in [4.69, 9.17) is 4.52 Å². The molecule has 2 aromatic carbocycles. The maximum atomic E-state index is 12.6. The van der Waals surface area contributed by atoms with Crippen LogP contribution in [0.5, 0.6) is 0 Å². The highest BCUT2D eigenvalue weighted by atomic mass is 16.5. The maximum absolute atomic E-state index is 12.6. The molecule has 0 saturated carbocycles. The van der Waals surface area contributed by atoms with Gasteiger partial charge in [0.25, 0.3) is 0 Å². The van der Waals surface area contributed by atoms with Gasteiger partial charge in [0.15, 0.2) is 5.58 Å². The molecule has 0 aliphatic rings. The van der Waals surface area contributed by atoms with Crippen molar-refractivity contribution >= 4 is 27.9 Å². The fourth-order valence-corrected chi connectivity index (χ4v) is 3.11. The number of para-hydroxylation sites is 3. The molecule has 132 valence electrons. The predicted molar refractivity (Wildman–Crippen MR) is 99.5 cm³/mol. The maximum Gasteiger partial charge on any atom is 0.226 e. The zero-order chi connectivity index (χ0) is 18.1. The van der Waals surface area contributed by atoms with Crippen molar-refractivity contribution in [3.05, 3.63) is 60.0 Å². The van der Waals surface area contributed by atoms with Crippen LogP contribution >= 0.6 is 0 Å². The lowest BCUT2D eigenvalue weighted by molar-refractivity contribution is -0.121. The van der Waals surface area contributed by atoms with Crippen molar-refractivity contribution in [2.75, 3.05) is 0 Å². The van der Waals surface area contributed by atoms with Crippen LogP contribution in [0.3, 0.4) is 0 Å². The highest BCUT2D eigenvalue weighted by molar-refractivity contribution is 5.86. The summed E-state index contributed by atoms with van der Waals surface area (Å²) in [5.41, 5.74) is 3.19. The number of aromatic amines is 1. The summed E-state index contributed by atoms with van der Waals surface area (Å²) in [5.74, 6) is 0.844. The van der Waals surface area contributed by atoms with E-state index < -0.39 is 0 Å². The molecule has 6 nitrogen and oxygen atoms in total. The van der Waals surface area contributed by atoms with Crippen LogP contribution in [0.2, 0.25) is 0 Å². The molecule has 0 radical (unpaired) electrons. The van der Waals surface area contributed by atoms with Gasteiger partial charge in [-0.05, 0) is 30.2 Å². The van der Waals surface area contributed by atoms with E-state index >= 15 is 0 Å². The van der Waals surface area contributed by atoms with Crippen molar-refractivity contribution in [2.45, 2.75) is 26.3 Å². The lowest BCUT2D eigenvalue weighted by Crippen LogP contribution is -2.33. The average Bonchev–Trinajstić information content (AvgIpc) is 3.23. The number of aromatic nitrogens is 3. The monoisotopic (exact) mass is 348 g/mol. The summed E-state index contributed by atoms with van der Waals surface area (Å²) < 4.78 is 5.28. The molecule has 0 fully saturated rings. The molecule has 4 aromatic rings. The summed E-state index contributed by atoms with van der Waals surface area (Å²) in [6.45, 7) is 4.12. The molecule has 6 heteroatoms. The average molecular weight is 348 g/mol. The molecule has 0 saturated heterocycles. The van der Waals surface area contributed by atoms with E-state index in [2.05, 4.69) is 34.3 Å². The second kappa shape index (κ2) is 6.63. The molecule has 1 unspecified atom stereocenters. The zero-order valence-corrected chi connectivity index (χ0v) is 14.7. The molecule has 0 aliphatic heterocycles. The van der Waals surface area contributed by atoms with Crippen LogP contribution in [0.1, 0.15) is 31.4 Å². The highest BCUT2D eigenvalue weighted by Gasteiger charge is 2.23. The third kappa shape index (κ3) is 3.06. The van der Waals surface area contributed by atoms with Crippen LogP contribution in [-0.4, -0.2) is 21.0 Å². The number of nitrogens with one attached hydrogen (secondary N) is 2. The second-order valence-corrected chi connectivity index (χ2v) is 6.73. The number of H-pyrrole nitrogens is 1. The fraction of sp³-hybridized carbons (Fsp3) is 0.250. The molecule has 0 aliphatic carbocycles. The smallest absolute Gasteiger partial charge is 0.226 e. The molecule has 4 rings (SSSR count). The number of benzene rings is 2. The van der Waals surface area contributed by atoms with E-state index in [1.165, 1.54) is 0 Å². The molecule has 1 amide bonds. The van der Waals surface area contributed by atoms with E-state index in [1.807, 2.05) is 48.5 Å². The van der Waals surface area contributed by atoms with Gasteiger partial charge in [-0.2, -0.15) is 0 Å². The van der Waals surface area contributed by atoms with Gasteiger partial charge < -0.3 is 14.8 Å². The third-order valence-corrected chi connectivity index (χ3v) is 4.47. The number of fused-ring (bicyclic) bond motifs is 2. The first-order chi connectivity index (χ1) is 12.6. The second-order valence-electron chi connectivity index (χ2n) is 6.73. The predicted octanol–water partition coefficient (Wildman–Crippen LogP) is 3.76. The summed E-state index contributed by atoms with van der Waals surface area (Å²) >= 11 is 0. The van der Waals surface area contributed by atoms with Crippen molar-refractivity contribution in [1.82, 2.24) is 20.4 Å². The molecule has 26 heavy (non-hydrogen) atoms. The van der Waals surface area contributed by atoms with Crippen LogP contribution in [-0.2, 0) is 11.2 Å². The topological polar surface area (TPSA) is 83.8 Å². The van der Waals surface area contributed by atoms with Crippen LogP contribution in [0.4, 0.5) is 0 Å². The number of nitrogens with zero attached hydrogens (tertiary/aromatic N) is 2. The number of hydrogen-bond acceptors (Lipinski definition) is 4. The quantitative estimate of drug-likeness (QED) is 0.575. The minimum absolute atomic E-state index is 0.108. The van der Waals surface area contributed by atoms with Gasteiger partial charge in [0.05, 0.1) is 23.5 Å². The Hall–Kier alpha value is -3.15. The van der Waals surface area contributed by atoms with Gasteiger partial charge in [0.1, 0.15) is 11.5 Å². The van der Waals surface area contributed by atoms with Gasteiger partial charge in [0, 0.05) is 5.39 Å². The Morgan fingerprint density at radius 1 is 1.15 bits per heavy atom. The van der Waals surface area contributed by atoms with Crippen LogP contribution in [0.25, 0.3) is 22.0 Å².